The van der Waals surface area contributed by atoms with Crippen LogP contribution in [0.2, 0.25) is 5.02 Å². The minimum Gasteiger partial charge on any atom is -0.508 e. The molecule has 1 N–H and O–H groups in total. The van der Waals surface area contributed by atoms with E-state index >= 15 is 0 Å². The number of phenolic OH excluding ortho intramolecular Hbond substituents is 1. The number of esters is 1. The van der Waals surface area contributed by atoms with Gasteiger partial charge in [0.05, 0.1) is 6.61 Å². The number of hydrogen-bond donors (Lipinski definition) is 1. The van der Waals surface area contributed by atoms with Crippen LogP contribution < -0.4 is 4.74 Å². The molecule has 0 heterocycles. The van der Waals surface area contributed by atoms with Gasteiger partial charge in [-0.3, -0.25) is 0 Å². The fourth-order valence-electron chi connectivity index (χ4n) is 2.67. The molecule has 4 nitrogen and oxygen atoms in total. The van der Waals surface area contributed by atoms with Gasteiger partial charge in [-0.1, -0.05) is 31.5 Å². The van der Waals surface area contributed by atoms with Crippen molar-refractivity contribution in [3.05, 3.63) is 57.6 Å². The van der Waals surface area contributed by atoms with Crippen molar-refractivity contribution in [2.75, 3.05) is 13.2 Å². The molecule has 146 valence electrons. The Hall–Kier alpha value is -2.34. The average Bonchev–Trinajstić information content (AvgIpc) is 2.59. The topological polar surface area (TPSA) is 55.8 Å². The second kappa shape index (κ2) is 9.04. The van der Waals surface area contributed by atoms with Crippen LogP contribution in [0.5, 0.6) is 11.5 Å². The van der Waals surface area contributed by atoms with Crippen molar-refractivity contribution in [1.29, 1.82) is 0 Å². The Bertz CT molecular complexity index is 837. The van der Waals surface area contributed by atoms with E-state index in [0.29, 0.717) is 5.56 Å². The van der Waals surface area contributed by atoms with Gasteiger partial charge < -0.3 is 14.6 Å². The van der Waals surface area contributed by atoms with Crippen LogP contribution in [0.1, 0.15) is 43.4 Å². The van der Waals surface area contributed by atoms with Gasteiger partial charge in [-0.25, -0.2) is 13.6 Å². The lowest BCUT2D eigenvalue weighted by Crippen LogP contribution is -2.15. The zero-order chi connectivity index (χ0) is 20.1. The number of aromatic hydroxyl groups is 1. The van der Waals surface area contributed by atoms with E-state index in [4.69, 9.17) is 21.1 Å². The van der Waals surface area contributed by atoms with E-state index in [1.807, 2.05) is 0 Å². The molecule has 0 saturated carbocycles. The van der Waals surface area contributed by atoms with Crippen molar-refractivity contribution in [3.63, 3.8) is 0 Å². The number of ether oxygens (including phenoxy) is 2. The minimum atomic E-state index is -0.720. The minimum absolute atomic E-state index is 0.0414. The van der Waals surface area contributed by atoms with E-state index in [2.05, 4.69) is 0 Å². The van der Waals surface area contributed by atoms with Gasteiger partial charge in [0.25, 0.3) is 0 Å². The number of benzene rings is 2. The highest BCUT2D eigenvalue weighted by atomic mass is 35.5. The van der Waals surface area contributed by atoms with E-state index < -0.39 is 24.2 Å². The van der Waals surface area contributed by atoms with Crippen LogP contribution in [0.3, 0.4) is 0 Å². The van der Waals surface area contributed by atoms with E-state index in [1.165, 1.54) is 18.2 Å². The molecule has 2 aromatic carbocycles. The van der Waals surface area contributed by atoms with Crippen LogP contribution in [0, 0.1) is 11.6 Å². The van der Waals surface area contributed by atoms with Gasteiger partial charge in [-0.05, 0) is 36.1 Å². The van der Waals surface area contributed by atoms with Crippen molar-refractivity contribution < 1.29 is 28.2 Å². The summed E-state index contributed by atoms with van der Waals surface area (Å²) in [5.74, 6) is -2.40. The maximum atomic E-state index is 14.7. The van der Waals surface area contributed by atoms with Crippen LogP contribution in [-0.4, -0.2) is 24.3 Å². The Balaban J connectivity index is 2.25. The molecule has 0 aromatic heterocycles. The average molecular weight is 399 g/mol. The lowest BCUT2D eigenvalue weighted by molar-refractivity contribution is -0.145. The van der Waals surface area contributed by atoms with Gasteiger partial charge in [0.15, 0.2) is 18.2 Å². The first kappa shape index (κ1) is 21.0. The van der Waals surface area contributed by atoms with E-state index in [0.717, 1.165) is 6.07 Å². The van der Waals surface area contributed by atoms with E-state index in [-0.39, 0.29) is 46.6 Å². The fraction of sp³-hybridized carbons (Fsp3) is 0.350. The first-order valence-corrected chi connectivity index (χ1v) is 8.88. The van der Waals surface area contributed by atoms with Crippen molar-refractivity contribution in [2.24, 2.45) is 0 Å². The second-order valence-corrected chi connectivity index (χ2v) is 6.68. The summed E-state index contributed by atoms with van der Waals surface area (Å²) in [6.07, 6.45) is 0.0414. The highest BCUT2D eigenvalue weighted by molar-refractivity contribution is 6.31. The molecule has 27 heavy (non-hydrogen) atoms. The summed E-state index contributed by atoms with van der Waals surface area (Å²) >= 11 is 6.18. The van der Waals surface area contributed by atoms with Crippen LogP contribution in [-0.2, 0) is 16.0 Å². The SMILES string of the molecule is CCOC(=O)COc1cc(Cl)c(Cc2ccc(O)c(C(C)C)c2F)cc1F. The molecule has 0 radical (unpaired) electrons. The molecule has 0 aliphatic heterocycles. The van der Waals surface area contributed by atoms with Crippen molar-refractivity contribution in [3.8, 4) is 11.5 Å². The molecule has 0 bridgehead atoms. The molecule has 0 unspecified atom stereocenters. The summed E-state index contributed by atoms with van der Waals surface area (Å²) in [6.45, 7) is 4.94. The normalized spacial score (nSPS) is 10.9. The predicted octanol–water partition coefficient (Wildman–Crippen LogP) is 4.98. The number of carbonyl (C=O) groups is 1. The smallest absolute Gasteiger partial charge is 0.344 e. The molecule has 0 saturated heterocycles. The van der Waals surface area contributed by atoms with Crippen LogP contribution in [0.25, 0.3) is 0 Å². The van der Waals surface area contributed by atoms with E-state index in [1.54, 1.807) is 20.8 Å². The molecular formula is C20H21ClF2O4. The van der Waals surface area contributed by atoms with Crippen LogP contribution in [0.4, 0.5) is 8.78 Å². The van der Waals surface area contributed by atoms with Crippen LogP contribution in [0.15, 0.2) is 24.3 Å². The first-order valence-electron chi connectivity index (χ1n) is 8.51. The number of hydrogen-bond acceptors (Lipinski definition) is 4. The number of halogens is 3. The van der Waals surface area contributed by atoms with Gasteiger partial charge in [-0.2, -0.15) is 0 Å². The Morgan fingerprint density at radius 1 is 1.22 bits per heavy atom. The summed E-state index contributed by atoms with van der Waals surface area (Å²) in [7, 11) is 0. The fourth-order valence-corrected chi connectivity index (χ4v) is 2.89. The molecule has 0 aliphatic carbocycles. The van der Waals surface area contributed by atoms with Crippen LogP contribution >= 0.6 is 11.6 Å². The first-order chi connectivity index (χ1) is 12.7. The summed E-state index contributed by atoms with van der Waals surface area (Å²) in [6, 6.07) is 5.24. The van der Waals surface area contributed by atoms with Crippen molar-refractivity contribution >= 4 is 17.6 Å². The quantitative estimate of drug-likeness (QED) is 0.668. The van der Waals surface area contributed by atoms with Crippen molar-refractivity contribution in [2.45, 2.75) is 33.1 Å². The third-order valence-electron chi connectivity index (χ3n) is 3.95. The van der Waals surface area contributed by atoms with Crippen molar-refractivity contribution in [1.82, 2.24) is 0 Å². The molecule has 2 aromatic rings. The molecule has 0 aliphatic rings. The van der Waals surface area contributed by atoms with Gasteiger partial charge in [0.2, 0.25) is 0 Å². The predicted molar refractivity (Wildman–Crippen MR) is 98.5 cm³/mol. The molecule has 0 amide bonds. The maximum Gasteiger partial charge on any atom is 0.344 e. The van der Waals surface area contributed by atoms with Gasteiger partial charge >= 0.3 is 5.97 Å². The zero-order valence-corrected chi connectivity index (χ0v) is 16.1. The zero-order valence-electron chi connectivity index (χ0n) is 15.3. The molecular weight excluding hydrogens is 378 g/mol. The summed E-state index contributed by atoms with van der Waals surface area (Å²) in [5.41, 5.74) is 0.855. The molecule has 0 fully saturated rings. The maximum absolute atomic E-state index is 14.7. The number of phenols is 1. The number of rotatable bonds is 7. The third-order valence-corrected chi connectivity index (χ3v) is 4.30. The van der Waals surface area contributed by atoms with Gasteiger partial charge in [0, 0.05) is 23.1 Å². The Kier molecular flexibility index (Phi) is 7.02. The lowest BCUT2D eigenvalue weighted by Gasteiger charge is -2.14. The van der Waals surface area contributed by atoms with E-state index in [9.17, 15) is 18.7 Å². The largest absolute Gasteiger partial charge is 0.508 e. The standard InChI is InChI=1S/C20H21ClF2O4/c1-4-26-18(25)10-27-17-9-14(21)13(8-15(17)22)7-12-5-6-16(24)19(11(2)3)20(12)23/h5-6,8-9,11,24H,4,7,10H2,1-3H3. The Morgan fingerprint density at radius 2 is 1.93 bits per heavy atom. The number of carbonyl (C=O) groups excluding carboxylic acids is 1. The molecule has 7 heteroatoms. The highest BCUT2D eigenvalue weighted by Gasteiger charge is 2.18. The summed E-state index contributed by atoms with van der Waals surface area (Å²) in [5, 5.41) is 10.0. The summed E-state index contributed by atoms with van der Waals surface area (Å²) < 4.78 is 38.8. The second-order valence-electron chi connectivity index (χ2n) is 6.27. The molecule has 2 rings (SSSR count). The molecule has 0 spiro atoms. The lowest BCUT2D eigenvalue weighted by atomic mass is 9.95. The highest BCUT2D eigenvalue weighted by Crippen LogP contribution is 2.33. The van der Waals surface area contributed by atoms with Gasteiger partial charge in [0.1, 0.15) is 11.6 Å². The van der Waals surface area contributed by atoms with Gasteiger partial charge in [-0.15, -0.1) is 0 Å². The Morgan fingerprint density at radius 3 is 2.56 bits per heavy atom. The third kappa shape index (κ3) is 5.10. The summed E-state index contributed by atoms with van der Waals surface area (Å²) in [4.78, 5) is 11.3. The Labute approximate surface area is 161 Å². The monoisotopic (exact) mass is 398 g/mol. The molecule has 0 atom stereocenters.